The third kappa shape index (κ3) is 3.46. The van der Waals surface area contributed by atoms with Gasteiger partial charge in [0.1, 0.15) is 11.8 Å². The lowest BCUT2D eigenvalue weighted by molar-refractivity contribution is -0.136. The minimum atomic E-state index is -0.759. The molecule has 2 rings (SSSR count). The SMILES string of the molecule is CNC1=C(C(=N)C(=O)N[C@H]2CCC(=O)NC2=O)CNCC1. The molecule has 1 saturated heterocycles. The fraction of sp³-hybridized carbons (Fsp3) is 0.538. The number of imide groups is 1. The number of carbonyl (C=O) groups is 3. The minimum Gasteiger partial charge on any atom is -0.391 e. The van der Waals surface area contributed by atoms with Crippen molar-refractivity contribution in [3.05, 3.63) is 11.3 Å². The van der Waals surface area contributed by atoms with Crippen LogP contribution in [0.1, 0.15) is 19.3 Å². The van der Waals surface area contributed by atoms with Gasteiger partial charge in [-0.2, -0.15) is 0 Å². The number of nitrogens with one attached hydrogen (secondary N) is 5. The summed E-state index contributed by atoms with van der Waals surface area (Å²) in [5.74, 6) is -1.45. The fourth-order valence-electron chi connectivity index (χ4n) is 2.40. The Morgan fingerprint density at radius 2 is 2.10 bits per heavy atom. The van der Waals surface area contributed by atoms with E-state index in [0.29, 0.717) is 12.1 Å². The molecule has 3 amide bonds. The topological polar surface area (TPSA) is 123 Å². The molecular weight excluding hydrogens is 274 g/mol. The summed E-state index contributed by atoms with van der Waals surface area (Å²) in [5, 5.41) is 18.8. The summed E-state index contributed by atoms with van der Waals surface area (Å²) in [6.07, 6.45) is 1.18. The fourth-order valence-corrected chi connectivity index (χ4v) is 2.40. The first-order valence-corrected chi connectivity index (χ1v) is 6.87. The van der Waals surface area contributed by atoms with Gasteiger partial charge in [-0.25, -0.2) is 0 Å². The van der Waals surface area contributed by atoms with Crippen LogP contribution < -0.4 is 21.3 Å². The average Bonchev–Trinajstić information content (AvgIpc) is 2.49. The second-order valence-electron chi connectivity index (χ2n) is 4.99. The van der Waals surface area contributed by atoms with Gasteiger partial charge in [-0.3, -0.25) is 25.1 Å². The number of hydrogen-bond acceptors (Lipinski definition) is 6. The molecule has 0 aromatic heterocycles. The van der Waals surface area contributed by atoms with E-state index in [4.69, 9.17) is 5.41 Å². The maximum absolute atomic E-state index is 12.1. The van der Waals surface area contributed by atoms with Crippen LogP contribution in [0.3, 0.4) is 0 Å². The summed E-state index contributed by atoms with van der Waals surface area (Å²) in [6, 6.07) is -0.759. The maximum atomic E-state index is 12.1. The first-order valence-electron chi connectivity index (χ1n) is 6.87. The van der Waals surface area contributed by atoms with Crippen molar-refractivity contribution in [1.82, 2.24) is 21.3 Å². The van der Waals surface area contributed by atoms with Gasteiger partial charge < -0.3 is 16.0 Å². The van der Waals surface area contributed by atoms with Gasteiger partial charge in [0.25, 0.3) is 5.91 Å². The molecule has 0 aromatic carbocycles. The van der Waals surface area contributed by atoms with Gasteiger partial charge in [0, 0.05) is 44.2 Å². The van der Waals surface area contributed by atoms with Gasteiger partial charge >= 0.3 is 0 Å². The van der Waals surface area contributed by atoms with Crippen LogP contribution in [0, 0.1) is 5.41 Å². The van der Waals surface area contributed by atoms with Crippen LogP contribution in [0.4, 0.5) is 0 Å². The van der Waals surface area contributed by atoms with Gasteiger partial charge in [0.05, 0.1) is 0 Å². The molecule has 8 nitrogen and oxygen atoms in total. The highest BCUT2D eigenvalue weighted by Crippen LogP contribution is 2.11. The molecule has 114 valence electrons. The van der Waals surface area contributed by atoms with Gasteiger partial charge in [-0.1, -0.05) is 0 Å². The second kappa shape index (κ2) is 6.49. The monoisotopic (exact) mass is 293 g/mol. The van der Waals surface area contributed by atoms with Crippen LogP contribution in [0.15, 0.2) is 11.3 Å². The molecule has 2 aliphatic heterocycles. The summed E-state index contributed by atoms with van der Waals surface area (Å²) in [7, 11) is 1.76. The molecule has 0 unspecified atom stereocenters. The quantitative estimate of drug-likeness (QED) is 0.315. The Kier molecular flexibility index (Phi) is 4.69. The third-order valence-electron chi connectivity index (χ3n) is 3.59. The van der Waals surface area contributed by atoms with Crippen LogP contribution in [-0.4, -0.2) is 49.6 Å². The minimum absolute atomic E-state index is 0.156. The molecule has 1 fully saturated rings. The standard InChI is InChI=1S/C13H19N5O3/c1-15-8-4-5-16-6-7(8)11(14)13(21)17-9-2-3-10(19)18-12(9)20/h9,14-16H,2-6H2,1H3,(H,17,21)(H,18,19,20)/t9-/m0/s1. The van der Waals surface area contributed by atoms with Crippen LogP contribution in [0.25, 0.3) is 0 Å². The molecule has 21 heavy (non-hydrogen) atoms. The van der Waals surface area contributed by atoms with Crippen LogP contribution in [0.2, 0.25) is 0 Å². The molecule has 0 saturated carbocycles. The third-order valence-corrected chi connectivity index (χ3v) is 3.59. The molecule has 0 bridgehead atoms. The Bertz CT molecular complexity index is 526. The summed E-state index contributed by atoms with van der Waals surface area (Å²) >= 11 is 0. The first-order chi connectivity index (χ1) is 10.0. The summed E-state index contributed by atoms with van der Waals surface area (Å²) in [5.41, 5.74) is 1.31. The number of amides is 3. The number of hydrogen-bond donors (Lipinski definition) is 5. The first kappa shape index (κ1) is 15.2. The van der Waals surface area contributed by atoms with Crippen LogP contribution in [0.5, 0.6) is 0 Å². The van der Waals surface area contributed by atoms with Crippen LogP contribution in [-0.2, 0) is 14.4 Å². The van der Waals surface area contributed by atoms with Crippen molar-refractivity contribution < 1.29 is 14.4 Å². The van der Waals surface area contributed by atoms with E-state index in [9.17, 15) is 14.4 Å². The van der Waals surface area contributed by atoms with Crippen molar-refractivity contribution in [2.24, 2.45) is 0 Å². The number of piperidine rings is 1. The Labute approximate surface area is 122 Å². The van der Waals surface area contributed by atoms with Gasteiger partial charge in [0.15, 0.2) is 0 Å². The Morgan fingerprint density at radius 1 is 1.33 bits per heavy atom. The second-order valence-corrected chi connectivity index (χ2v) is 4.99. The highest BCUT2D eigenvalue weighted by atomic mass is 16.2. The molecule has 8 heteroatoms. The van der Waals surface area contributed by atoms with Crippen molar-refractivity contribution in [3.8, 4) is 0 Å². The summed E-state index contributed by atoms with van der Waals surface area (Å²) in [4.78, 5) is 34.8. The molecule has 0 aromatic rings. The van der Waals surface area contributed by atoms with Crippen molar-refractivity contribution >= 4 is 23.4 Å². The van der Waals surface area contributed by atoms with Gasteiger partial charge in [-0.05, 0) is 6.42 Å². The lowest BCUT2D eigenvalue weighted by Gasteiger charge is -2.24. The maximum Gasteiger partial charge on any atom is 0.270 e. The van der Waals surface area contributed by atoms with Crippen molar-refractivity contribution in [1.29, 1.82) is 5.41 Å². The van der Waals surface area contributed by atoms with E-state index in [-0.39, 0.29) is 24.5 Å². The Morgan fingerprint density at radius 3 is 2.76 bits per heavy atom. The van der Waals surface area contributed by atoms with E-state index in [2.05, 4.69) is 21.3 Å². The van der Waals surface area contributed by atoms with E-state index in [1.807, 2.05) is 0 Å². The molecule has 2 heterocycles. The van der Waals surface area contributed by atoms with Crippen molar-refractivity contribution in [3.63, 3.8) is 0 Å². The van der Waals surface area contributed by atoms with E-state index in [1.54, 1.807) is 7.05 Å². The van der Waals surface area contributed by atoms with E-state index >= 15 is 0 Å². The molecular formula is C13H19N5O3. The predicted octanol–water partition coefficient (Wildman–Crippen LogP) is -1.61. The zero-order chi connectivity index (χ0) is 15.4. The van der Waals surface area contributed by atoms with Crippen molar-refractivity contribution in [2.45, 2.75) is 25.3 Å². The Hall–Kier alpha value is -2.22. The molecule has 2 aliphatic rings. The zero-order valence-electron chi connectivity index (χ0n) is 11.8. The summed E-state index contributed by atoms with van der Waals surface area (Å²) < 4.78 is 0. The molecule has 0 aliphatic carbocycles. The molecule has 0 radical (unpaired) electrons. The van der Waals surface area contributed by atoms with E-state index in [0.717, 1.165) is 18.7 Å². The lowest BCUT2D eigenvalue weighted by atomic mass is 10.0. The van der Waals surface area contributed by atoms with Crippen molar-refractivity contribution in [2.75, 3.05) is 20.1 Å². The van der Waals surface area contributed by atoms with Gasteiger partial charge in [0.2, 0.25) is 11.8 Å². The smallest absolute Gasteiger partial charge is 0.270 e. The molecule has 1 atom stereocenters. The van der Waals surface area contributed by atoms with Crippen LogP contribution >= 0.6 is 0 Å². The summed E-state index contributed by atoms with van der Waals surface area (Å²) in [6.45, 7) is 1.24. The zero-order valence-corrected chi connectivity index (χ0v) is 11.8. The number of carbonyl (C=O) groups excluding carboxylic acids is 3. The largest absolute Gasteiger partial charge is 0.391 e. The predicted molar refractivity (Wildman–Crippen MR) is 75.6 cm³/mol. The average molecular weight is 293 g/mol. The van der Waals surface area contributed by atoms with E-state index < -0.39 is 17.9 Å². The van der Waals surface area contributed by atoms with E-state index in [1.165, 1.54) is 0 Å². The number of rotatable bonds is 4. The Balaban J connectivity index is 2.03. The molecule has 5 N–H and O–H groups in total. The highest BCUT2D eigenvalue weighted by molar-refractivity contribution is 6.44. The van der Waals surface area contributed by atoms with Gasteiger partial charge in [-0.15, -0.1) is 0 Å². The normalized spacial score (nSPS) is 22.6. The lowest BCUT2D eigenvalue weighted by Crippen LogP contribution is -2.54. The highest BCUT2D eigenvalue weighted by Gasteiger charge is 2.30. The molecule has 0 spiro atoms.